The van der Waals surface area contributed by atoms with Gasteiger partial charge in [0.05, 0.1) is 24.5 Å². The lowest BCUT2D eigenvalue weighted by Gasteiger charge is -2.10. The summed E-state index contributed by atoms with van der Waals surface area (Å²) in [6.45, 7) is 4.20. The molecule has 0 atom stereocenters. The molecule has 1 N–H and O–H groups in total. The van der Waals surface area contributed by atoms with Crippen LogP contribution < -0.4 is 15.7 Å². The molecule has 0 aliphatic carbocycles. The van der Waals surface area contributed by atoms with Crippen molar-refractivity contribution in [2.24, 2.45) is 5.10 Å². The van der Waals surface area contributed by atoms with Crippen LogP contribution in [0.5, 0.6) is 5.75 Å². The average Bonchev–Trinajstić information content (AvgIpc) is 3.24. The summed E-state index contributed by atoms with van der Waals surface area (Å²) in [5.74, 6) is 0.252. The van der Waals surface area contributed by atoms with Crippen LogP contribution in [0.25, 0.3) is 32.1 Å². The average molecular weight is 497 g/mol. The van der Waals surface area contributed by atoms with Crippen molar-refractivity contribution in [3.63, 3.8) is 0 Å². The number of thiophene rings is 1. The molecular formula is C28H24N4O3S. The van der Waals surface area contributed by atoms with Gasteiger partial charge in [0.1, 0.15) is 17.1 Å². The number of ether oxygens (including phenoxy) is 1. The normalized spacial score (nSPS) is 11.4. The Morgan fingerprint density at radius 3 is 2.69 bits per heavy atom. The predicted octanol–water partition coefficient (Wildman–Crippen LogP) is 5.14. The monoisotopic (exact) mass is 496 g/mol. The molecule has 2 heterocycles. The number of amides is 1. The molecule has 7 nitrogen and oxygen atoms in total. The van der Waals surface area contributed by atoms with Crippen LogP contribution in [-0.2, 0) is 11.3 Å². The van der Waals surface area contributed by atoms with Crippen molar-refractivity contribution in [2.45, 2.75) is 20.4 Å². The van der Waals surface area contributed by atoms with Crippen LogP contribution in [0.4, 0.5) is 0 Å². The van der Waals surface area contributed by atoms with E-state index in [4.69, 9.17) is 4.74 Å². The highest BCUT2D eigenvalue weighted by Gasteiger charge is 2.17. The molecule has 0 fully saturated rings. The van der Waals surface area contributed by atoms with Gasteiger partial charge in [-0.3, -0.25) is 14.2 Å². The number of aromatic nitrogens is 2. The molecule has 0 unspecified atom stereocenters. The molecule has 0 spiro atoms. The van der Waals surface area contributed by atoms with Gasteiger partial charge in [-0.1, -0.05) is 60.7 Å². The smallest absolute Gasteiger partial charge is 0.263 e. The molecule has 0 radical (unpaired) electrons. The molecule has 3 aromatic carbocycles. The molecule has 0 bridgehead atoms. The molecule has 1 amide bonds. The van der Waals surface area contributed by atoms with Crippen molar-refractivity contribution in [3.05, 3.63) is 93.9 Å². The van der Waals surface area contributed by atoms with Crippen LogP contribution in [0.15, 0.2) is 83.0 Å². The zero-order valence-corrected chi connectivity index (χ0v) is 20.7. The Kier molecular flexibility index (Phi) is 6.60. The molecule has 0 aliphatic rings. The van der Waals surface area contributed by atoms with E-state index < -0.39 is 5.91 Å². The first-order chi connectivity index (χ1) is 17.6. The minimum absolute atomic E-state index is 0.198. The summed E-state index contributed by atoms with van der Waals surface area (Å²) < 4.78 is 7.06. The Morgan fingerprint density at radius 1 is 1.11 bits per heavy atom. The lowest BCUT2D eigenvalue weighted by atomic mass is 10.0. The molecule has 0 aliphatic heterocycles. The third kappa shape index (κ3) is 4.50. The number of hydrogen-bond acceptors (Lipinski definition) is 6. The second-order valence-electron chi connectivity index (χ2n) is 8.18. The number of benzene rings is 3. The van der Waals surface area contributed by atoms with Crippen molar-refractivity contribution in [1.29, 1.82) is 0 Å². The fraction of sp³-hybridized carbons (Fsp3) is 0.143. The van der Waals surface area contributed by atoms with Gasteiger partial charge >= 0.3 is 0 Å². The maximum Gasteiger partial charge on any atom is 0.263 e. The van der Waals surface area contributed by atoms with Gasteiger partial charge in [0, 0.05) is 16.0 Å². The summed E-state index contributed by atoms with van der Waals surface area (Å²) in [7, 11) is 0. The van der Waals surface area contributed by atoms with Gasteiger partial charge in [0.15, 0.2) is 0 Å². The molecule has 0 saturated heterocycles. The number of hydrogen-bond donors (Lipinski definition) is 1. The maximum atomic E-state index is 13.3. The number of nitrogens with one attached hydrogen (secondary N) is 1. The van der Waals surface area contributed by atoms with Crippen LogP contribution in [0, 0.1) is 6.92 Å². The maximum absolute atomic E-state index is 13.3. The lowest BCUT2D eigenvalue weighted by molar-refractivity contribution is -0.121. The summed E-state index contributed by atoms with van der Waals surface area (Å²) in [6, 6.07) is 21.5. The minimum Gasteiger partial charge on any atom is -0.493 e. The summed E-state index contributed by atoms with van der Waals surface area (Å²) in [6.07, 6.45) is 2.99. The van der Waals surface area contributed by atoms with E-state index in [2.05, 4.69) is 15.5 Å². The number of carbonyl (C=O) groups is 1. The molecule has 2 aromatic heterocycles. The van der Waals surface area contributed by atoms with Crippen LogP contribution in [0.2, 0.25) is 0 Å². The molecule has 8 heteroatoms. The number of aryl methyl sites for hydroxylation is 1. The first kappa shape index (κ1) is 23.4. The largest absolute Gasteiger partial charge is 0.493 e. The Morgan fingerprint density at radius 2 is 1.89 bits per heavy atom. The van der Waals surface area contributed by atoms with Gasteiger partial charge in [-0.05, 0) is 36.2 Å². The van der Waals surface area contributed by atoms with Crippen molar-refractivity contribution in [1.82, 2.24) is 15.0 Å². The zero-order valence-electron chi connectivity index (χ0n) is 19.9. The topological polar surface area (TPSA) is 85.6 Å². The van der Waals surface area contributed by atoms with E-state index in [0.717, 1.165) is 32.3 Å². The van der Waals surface area contributed by atoms with Gasteiger partial charge in [-0.2, -0.15) is 5.10 Å². The van der Waals surface area contributed by atoms with E-state index in [0.29, 0.717) is 22.6 Å². The number of nitrogens with zero attached hydrogens (tertiary/aromatic N) is 3. The summed E-state index contributed by atoms with van der Waals surface area (Å²) in [5.41, 5.74) is 4.86. The lowest BCUT2D eigenvalue weighted by Crippen LogP contribution is -2.30. The highest BCUT2D eigenvalue weighted by molar-refractivity contribution is 7.19. The molecule has 36 heavy (non-hydrogen) atoms. The second kappa shape index (κ2) is 10.1. The first-order valence-corrected chi connectivity index (χ1v) is 12.4. The third-order valence-electron chi connectivity index (χ3n) is 5.84. The van der Waals surface area contributed by atoms with E-state index in [1.54, 1.807) is 6.21 Å². The zero-order chi connectivity index (χ0) is 25.1. The highest BCUT2D eigenvalue weighted by Crippen LogP contribution is 2.35. The first-order valence-electron chi connectivity index (χ1n) is 11.6. The fourth-order valence-corrected chi connectivity index (χ4v) is 5.25. The Balaban J connectivity index is 1.40. The minimum atomic E-state index is -0.430. The summed E-state index contributed by atoms with van der Waals surface area (Å²) >= 11 is 1.47. The molecule has 180 valence electrons. The second-order valence-corrected chi connectivity index (χ2v) is 9.38. The third-order valence-corrected chi connectivity index (χ3v) is 6.86. The van der Waals surface area contributed by atoms with Crippen LogP contribution in [0.3, 0.4) is 0 Å². The van der Waals surface area contributed by atoms with E-state index in [-0.39, 0.29) is 12.1 Å². The van der Waals surface area contributed by atoms with Gasteiger partial charge in [0.2, 0.25) is 0 Å². The molecule has 5 aromatic rings. The van der Waals surface area contributed by atoms with Crippen LogP contribution >= 0.6 is 11.3 Å². The highest BCUT2D eigenvalue weighted by atomic mass is 32.1. The summed E-state index contributed by atoms with van der Waals surface area (Å²) in [4.78, 5) is 32.1. The van der Waals surface area contributed by atoms with Crippen molar-refractivity contribution in [2.75, 3.05) is 6.61 Å². The van der Waals surface area contributed by atoms with Gasteiger partial charge in [-0.15, -0.1) is 11.3 Å². The van der Waals surface area contributed by atoms with E-state index in [1.807, 2.05) is 80.6 Å². The van der Waals surface area contributed by atoms with Gasteiger partial charge in [0.25, 0.3) is 11.5 Å². The van der Waals surface area contributed by atoms with Crippen molar-refractivity contribution < 1.29 is 9.53 Å². The SMILES string of the molecule is CCOc1ccc2ccccc2c1/C=N/NC(=O)Cn1cnc2sc(C)c(-c3ccccc3)c2c1=O. The molecule has 5 rings (SSSR count). The number of hydrazone groups is 1. The van der Waals surface area contributed by atoms with E-state index >= 15 is 0 Å². The van der Waals surface area contributed by atoms with Crippen LogP contribution in [-0.4, -0.2) is 28.3 Å². The Labute approximate surface area is 211 Å². The number of carbonyl (C=O) groups excluding carboxylic acids is 1. The van der Waals surface area contributed by atoms with Gasteiger partial charge in [-0.25, -0.2) is 10.4 Å². The molecular weight excluding hydrogens is 472 g/mol. The number of fused-ring (bicyclic) bond motifs is 2. The van der Waals surface area contributed by atoms with Crippen molar-refractivity contribution >= 4 is 44.4 Å². The Hall–Kier alpha value is -4.30. The standard InChI is InChI=1S/C28H24N4O3S/c1-3-35-23-14-13-19-9-7-8-12-21(19)22(23)15-30-31-24(33)16-32-17-29-27-26(28(32)34)25(18(2)36-27)20-10-5-4-6-11-20/h4-15,17H,3,16H2,1-2H3,(H,31,33)/b30-15+. The molecule has 0 saturated carbocycles. The quantitative estimate of drug-likeness (QED) is 0.250. The van der Waals surface area contributed by atoms with Gasteiger partial charge < -0.3 is 4.74 Å². The van der Waals surface area contributed by atoms with E-state index in [1.165, 1.54) is 22.2 Å². The Bertz CT molecular complexity index is 1650. The van der Waals surface area contributed by atoms with E-state index in [9.17, 15) is 9.59 Å². The van der Waals surface area contributed by atoms with Crippen molar-refractivity contribution in [3.8, 4) is 16.9 Å². The fourth-order valence-electron chi connectivity index (χ4n) is 4.25. The van der Waals surface area contributed by atoms with Crippen LogP contribution in [0.1, 0.15) is 17.4 Å². The number of rotatable bonds is 7. The summed E-state index contributed by atoms with van der Waals surface area (Å²) in [5, 5.41) is 6.69. The predicted molar refractivity (Wildman–Crippen MR) is 145 cm³/mol.